The lowest BCUT2D eigenvalue weighted by molar-refractivity contribution is -0.115. The molecule has 3 rings (SSSR count). The van der Waals surface area contributed by atoms with Gasteiger partial charge < -0.3 is 9.72 Å². The van der Waals surface area contributed by atoms with Gasteiger partial charge in [-0.15, -0.1) is 0 Å². The zero-order valence-corrected chi connectivity index (χ0v) is 11.5. The van der Waals surface area contributed by atoms with Crippen LogP contribution in [0.4, 0.5) is 10.1 Å². The molecular weight excluding hydrogens is 269 g/mol. The summed E-state index contributed by atoms with van der Waals surface area (Å²) >= 11 is 0. The molecule has 5 heteroatoms. The van der Waals surface area contributed by atoms with Crippen LogP contribution in [0.1, 0.15) is 11.3 Å². The summed E-state index contributed by atoms with van der Waals surface area (Å²) in [6, 6.07) is 9.98. The number of hydrogen-bond acceptors (Lipinski definition) is 2. The second kappa shape index (κ2) is 5.36. The zero-order chi connectivity index (χ0) is 14.8. The van der Waals surface area contributed by atoms with E-state index in [-0.39, 0.29) is 18.1 Å². The van der Waals surface area contributed by atoms with Crippen molar-refractivity contribution in [1.82, 2.24) is 9.38 Å². The molecule has 21 heavy (non-hydrogen) atoms. The highest BCUT2D eigenvalue weighted by Gasteiger charge is 2.09. The number of anilines is 1. The standard InChI is InChI=1S/C16H14FN3O/c1-11-5-6-12(17)8-14(11)19-16(21)9-13-10-20-7-3-2-4-15(20)18-13/h2-8,10H,9H2,1H3,(H,19,21). The predicted molar refractivity (Wildman–Crippen MR) is 78.7 cm³/mol. The smallest absolute Gasteiger partial charge is 0.230 e. The van der Waals surface area contributed by atoms with E-state index in [9.17, 15) is 9.18 Å². The summed E-state index contributed by atoms with van der Waals surface area (Å²) in [5.74, 6) is -0.587. The summed E-state index contributed by atoms with van der Waals surface area (Å²) in [5, 5.41) is 2.72. The van der Waals surface area contributed by atoms with Crippen LogP contribution >= 0.6 is 0 Å². The summed E-state index contributed by atoms with van der Waals surface area (Å²) in [6.07, 6.45) is 3.84. The van der Waals surface area contributed by atoms with E-state index in [1.807, 2.05) is 41.9 Å². The fraction of sp³-hybridized carbons (Fsp3) is 0.125. The van der Waals surface area contributed by atoms with Gasteiger partial charge in [0.1, 0.15) is 11.5 Å². The van der Waals surface area contributed by atoms with Gasteiger partial charge in [-0.25, -0.2) is 9.37 Å². The maximum absolute atomic E-state index is 13.2. The SMILES string of the molecule is Cc1ccc(F)cc1NC(=O)Cc1cn2ccccc2n1. The van der Waals surface area contributed by atoms with E-state index in [1.54, 1.807) is 6.07 Å². The molecule has 2 heterocycles. The van der Waals surface area contributed by atoms with Crippen molar-refractivity contribution in [3.8, 4) is 0 Å². The van der Waals surface area contributed by atoms with Crippen LogP contribution < -0.4 is 5.32 Å². The Morgan fingerprint density at radius 1 is 1.33 bits per heavy atom. The highest BCUT2D eigenvalue weighted by atomic mass is 19.1. The Hall–Kier alpha value is -2.69. The van der Waals surface area contributed by atoms with Gasteiger partial charge in [-0.3, -0.25) is 4.79 Å². The summed E-state index contributed by atoms with van der Waals surface area (Å²) in [7, 11) is 0. The first-order valence-electron chi connectivity index (χ1n) is 6.60. The number of nitrogens with one attached hydrogen (secondary N) is 1. The van der Waals surface area contributed by atoms with Crippen LogP contribution in [0.25, 0.3) is 5.65 Å². The zero-order valence-electron chi connectivity index (χ0n) is 11.5. The first-order valence-corrected chi connectivity index (χ1v) is 6.60. The van der Waals surface area contributed by atoms with Crippen molar-refractivity contribution in [3.05, 3.63) is 65.9 Å². The van der Waals surface area contributed by atoms with Crippen LogP contribution in [0.3, 0.4) is 0 Å². The number of amides is 1. The van der Waals surface area contributed by atoms with E-state index in [0.29, 0.717) is 11.4 Å². The minimum absolute atomic E-state index is 0.150. The van der Waals surface area contributed by atoms with E-state index < -0.39 is 0 Å². The van der Waals surface area contributed by atoms with Crippen molar-refractivity contribution in [3.63, 3.8) is 0 Å². The number of carbonyl (C=O) groups excluding carboxylic acids is 1. The molecule has 0 fully saturated rings. The molecule has 2 aromatic heterocycles. The number of carbonyl (C=O) groups is 1. The van der Waals surface area contributed by atoms with E-state index >= 15 is 0 Å². The van der Waals surface area contributed by atoms with Gasteiger partial charge in [-0.1, -0.05) is 12.1 Å². The van der Waals surface area contributed by atoms with Gasteiger partial charge in [0.2, 0.25) is 5.91 Å². The molecule has 0 radical (unpaired) electrons. The quantitative estimate of drug-likeness (QED) is 0.803. The average Bonchev–Trinajstić information content (AvgIpc) is 2.84. The molecule has 0 bridgehead atoms. The number of aromatic nitrogens is 2. The number of aryl methyl sites for hydroxylation is 1. The van der Waals surface area contributed by atoms with E-state index in [4.69, 9.17) is 0 Å². The number of pyridine rings is 1. The number of nitrogens with zero attached hydrogens (tertiary/aromatic N) is 2. The van der Waals surface area contributed by atoms with Crippen LogP contribution in [0.2, 0.25) is 0 Å². The van der Waals surface area contributed by atoms with Crippen LogP contribution in [0.5, 0.6) is 0 Å². The van der Waals surface area contributed by atoms with Crippen molar-refractivity contribution in [2.75, 3.05) is 5.32 Å². The fourth-order valence-corrected chi connectivity index (χ4v) is 2.16. The molecule has 0 aliphatic heterocycles. The van der Waals surface area contributed by atoms with Crippen molar-refractivity contribution in [2.45, 2.75) is 13.3 Å². The molecule has 0 saturated heterocycles. The molecule has 3 aromatic rings. The lowest BCUT2D eigenvalue weighted by Crippen LogP contribution is -2.15. The van der Waals surface area contributed by atoms with Gasteiger partial charge in [0.05, 0.1) is 12.1 Å². The number of rotatable bonds is 3. The van der Waals surface area contributed by atoms with Crippen molar-refractivity contribution in [1.29, 1.82) is 0 Å². The molecule has 0 saturated carbocycles. The molecule has 1 N–H and O–H groups in total. The third-order valence-corrected chi connectivity index (χ3v) is 3.23. The molecule has 0 aliphatic rings. The molecule has 0 atom stereocenters. The van der Waals surface area contributed by atoms with Crippen LogP contribution in [-0.4, -0.2) is 15.3 Å². The number of halogens is 1. The van der Waals surface area contributed by atoms with Gasteiger partial charge in [0.25, 0.3) is 0 Å². The second-order valence-corrected chi connectivity index (χ2v) is 4.88. The summed E-state index contributed by atoms with van der Waals surface area (Å²) in [6.45, 7) is 1.82. The number of benzene rings is 1. The third-order valence-electron chi connectivity index (χ3n) is 3.23. The Morgan fingerprint density at radius 2 is 2.19 bits per heavy atom. The Morgan fingerprint density at radius 3 is 3.00 bits per heavy atom. The molecule has 1 amide bonds. The molecule has 0 aliphatic carbocycles. The molecule has 0 unspecified atom stereocenters. The minimum Gasteiger partial charge on any atom is -0.325 e. The van der Waals surface area contributed by atoms with Gasteiger partial charge in [0.15, 0.2) is 0 Å². The Labute approximate surface area is 121 Å². The lowest BCUT2D eigenvalue weighted by Gasteiger charge is -2.07. The Kier molecular flexibility index (Phi) is 3.39. The minimum atomic E-state index is -0.372. The van der Waals surface area contributed by atoms with Gasteiger partial charge in [0, 0.05) is 18.1 Å². The monoisotopic (exact) mass is 283 g/mol. The molecular formula is C16H14FN3O. The Bertz CT molecular complexity index is 777. The second-order valence-electron chi connectivity index (χ2n) is 4.88. The molecule has 4 nitrogen and oxygen atoms in total. The van der Waals surface area contributed by atoms with Crippen molar-refractivity contribution < 1.29 is 9.18 Å². The number of hydrogen-bond donors (Lipinski definition) is 1. The van der Waals surface area contributed by atoms with Gasteiger partial charge in [-0.05, 0) is 36.8 Å². The van der Waals surface area contributed by atoms with E-state index in [2.05, 4.69) is 10.3 Å². The van der Waals surface area contributed by atoms with Crippen LogP contribution in [0.15, 0.2) is 48.8 Å². The maximum Gasteiger partial charge on any atom is 0.230 e. The largest absolute Gasteiger partial charge is 0.325 e. The fourth-order valence-electron chi connectivity index (χ4n) is 2.16. The third kappa shape index (κ3) is 2.91. The van der Waals surface area contributed by atoms with Crippen molar-refractivity contribution in [2.24, 2.45) is 0 Å². The topological polar surface area (TPSA) is 46.4 Å². The molecule has 0 spiro atoms. The number of imidazole rings is 1. The average molecular weight is 283 g/mol. The van der Waals surface area contributed by atoms with E-state index in [1.165, 1.54) is 12.1 Å². The lowest BCUT2D eigenvalue weighted by atomic mass is 10.2. The molecule has 1 aromatic carbocycles. The first-order chi connectivity index (χ1) is 10.1. The summed E-state index contributed by atoms with van der Waals surface area (Å²) in [4.78, 5) is 16.4. The van der Waals surface area contributed by atoms with Crippen LogP contribution in [0, 0.1) is 12.7 Å². The van der Waals surface area contributed by atoms with Gasteiger partial charge in [-0.2, -0.15) is 0 Å². The summed E-state index contributed by atoms with van der Waals surface area (Å²) < 4.78 is 15.1. The highest BCUT2D eigenvalue weighted by molar-refractivity contribution is 5.92. The summed E-state index contributed by atoms with van der Waals surface area (Å²) in [5.41, 5.74) is 2.78. The normalized spacial score (nSPS) is 10.8. The van der Waals surface area contributed by atoms with Gasteiger partial charge >= 0.3 is 0 Å². The Balaban J connectivity index is 1.75. The number of fused-ring (bicyclic) bond motifs is 1. The predicted octanol–water partition coefficient (Wildman–Crippen LogP) is 2.96. The maximum atomic E-state index is 13.2. The first kappa shape index (κ1) is 13.3. The van der Waals surface area contributed by atoms with Crippen LogP contribution in [-0.2, 0) is 11.2 Å². The molecule has 106 valence electrons. The van der Waals surface area contributed by atoms with E-state index in [0.717, 1.165) is 11.2 Å². The highest BCUT2D eigenvalue weighted by Crippen LogP contribution is 2.16. The van der Waals surface area contributed by atoms with Crippen molar-refractivity contribution >= 4 is 17.2 Å².